The Morgan fingerprint density at radius 1 is 1.47 bits per heavy atom. The van der Waals surface area contributed by atoms with E-state index in [-0.39, 0.29) is 16.8 Å². The number of benzene rings is 1. The molecule has 0 radical (unpaired) electrons. The first-order valence-corrected chi connectivity index (χ1v) is 11.7. The lowest BCUT2D eigenvalue weighted by Gasteiger charge is -2.31. The molecule has 3 aliphatic rings. The van der Waals surface area contributed by atoms with Gasteiger partial charge in [0.2, 0.25) is 5.88 Å². The van der Waals surface area contributed by atoms with Crippen LogP contribution in [-0.4, -0.2) is 40.3 Å². The number of methoxy groups -OCH3 is 1. The number of rotatable bonds is 4. The van der Waals surface area contributed by atoms with E-state index in [1.54, 1.807) is 11.8 Å². The van der Waals surface area contributed by atoms with Gasteiger partial charge in [-0.25, -0.2) is 18.8 Å². The molecule has 160 valence electrons. The zero-order chi connectivity index (χ0) is 21.0. The van der Waals surface area contributed by atoms with Gasteiger partial charge >= 0.3 is 6.03 Å². The number of carbonyl (C=O) groups excluding carboxylic acids is 1. The number of nitrogens with zero attached hydrogens (tertiary/aromatic N) is 3. The van der Waals surface area contributed by atoms with Crippen molar-refractivity contribution in [3.05, 3.63) is 34.5 Å². The molecule has 1 aromatic heterocycles. The maximum atomic E-state index is 13.1. The van der Waals surface area contributed by atoms with Crippen molar-refractivity contribution in [1.82, 2.24) is 9.78 Å². The van der Waals surface area contributed by atoms with Crippen molar-refractivity contribution >= 4 is 21.6 Å². The molecule has 2 amide bonds. The summed E-state index contributed by atoms with van der Waals surface area (Å²) in [5.41, 5.74) is 5.74. The van der Waals surface area contributed by atoms with Gasteiger partial charge in [-0.3, -0.25) is 0 Å². The largest absolute Gasteiger partial charge is 0.475 e. The minimum atomic E-state index is -3.52. The van der Waals surface area contributed by atoms with Crippen LogP contribution in [0.2, 0.25) is 0 Å². The predicted molar refractivity (Wildman–Crippen MR) is 111 cm³/mol. The Balaban J connectivity index is 1.45. The van der Waals surface area contributed by atoms with Gasteiger partial charge in [-0.2, -0.15) is 5.10 Å². The Hall–Kier alpha value is -2.43. The topological polar surface area (TPSA) is 121 Å². The Bertz CT molecular complexity index is 1160. The van der Waals surface area contributed by atoms with Crippen LogP contribution in [0.1, 0.15) is 47.6 Å². The zero-order valence-corrected chi connectivity index (χ0v) is 17.8. The third kappa shape index (κ3) is 3.01. The summed E-state index contributed by atoms with van der Waals surface area (Å²) in [5.74, 6) is 0.660. The lowest BCUT2D eigenvalue weighted by Crippen LogP contribution is -2.23. The van der Waals surface area contributed by atoms with Crippen LogP contribution in [0.5, 0.6) is 5.88 Å². The van der Waals surface area contributed by atoms with Crippen LogP contribution in [-0.2, 0) is 33.9 Å². The SMILES string of the molecule is COC[C@H]1COc2c(S(N)(=O)=NC(=O)Nc3c4c(cc5c3[C@@H](C)C5)CCC4)cnn21. The number of nitrogens with one attached hydrogen (secondary N) is 1. The van der Waals surface area contributed by atoms with Crippen LogP contribution in [0, 0.1) is 0 Å². The van der Waals surface area contributed by atoms with Crippen LogP contribution < -0.4 is 15.2 Å². The fraction of sp³-hybridized carbons (Fsp3) is 0.500. The summed E-state index contributed by atoms with van der Waals surface area (Å²) in [6.45, 7) is 2.89. The molecule has 0 fully saturated rings. The van der Waals surface area contributed by atoms with Crippen molar-refractivity contribution in [3.8, 4) is 5.88 Å². The standard InChI is InChI=1S/C20H25N5O4S/c1-11-6-13-7-12-4-3-5-15(12)18(17(11)13)23-20(26)24-30(21,27)16-8-22-25-14(9-28-2)10-29-19(16)25/h7-8,11,14H,3-6,9-10H2,1-2H3,(H3,21,23,24,26,27)/t11-,14-,30?/m0/s1. The summed E-state index contributed by atoms with van der Waals surface area (Å²) in [5, 5.41) is 13.1. The number of aromatic nitrogens is 2. The molecule has 0 spiro atoms. The number of nitrogens with two attached hydrogens (primary N) is 1. The Morgan fingerprint density at radius 2 is 2.30 bits per heavy atom. The monoisotopic (exact) mass is 431 g/mol. The fourth-order valence-electron chi connectivity index (χ4n) is 4.79. The van der Waals surface area contributed by atoms with Crippen LogP contribution in [0.3, 0.4) is 0 Å². The molecule has 1 unspecified atom stereocenters. The Morgan fingerprint density at radius 3 is 3.07 bits per heavy atom. The number of aryl methyl sites for hydroxylation is 1. The summed E-state index contributed by atoms with van der Waals surface area (Å²) < 4.78 is 29.3. The van der Waals surface area contributed by atoms with E-state index in [0.717, 1.165) is 31.4 Å². The van der Waals surface area contributed by atoms with Gasteiger partial charge in [0.05, 0.1) is 12.8 Å². The van der Waals surface area contributed by atoms with Gasteiger partial charge < -0.3 is 14.8 Å². The number of carbonyl (C=O) groups is 1. The second-order valence-corrected chi connectivity index (χ2v) is 9.95. The molecule has 1 aromatic carbocycles. The fourth-order valence-corrected chi connectivity index (χ4v) is 5.78. The van der Waals surface area contributed by atoms with Gasteiger partial charge in [0.15, 0.2) is 9.92 Å². The van der Waals surface area contributed by atoms with Crippen LogP contribution >= 0.6 is 0 Å². The van der Waals surface area contributed by atoms with E-state index in [4.69, 9.17) is 14.6 Å². The zero-order valence-electron chi connectivity index (χ0n) is 17.0. The highest BCUT2D eigenvalue weighted by Crippen LogP contribution is 2.45. The molecular formula is C20H25N5O4S. The Labute approximate surface area is 175 Å². The van der Waals surface area contributed by atoms with Crippen molar-refractivity contribution in [3.63, 3.8) is 0 Å². The molecule has 3 atom stereocenters. The average molecular weight is 432 g/mol. The minimum Gasteiger partial charge on any atom is -0.475 e. The molecule has 2 heterocycles. The van der Waals surface area contributed by atoms with Gasteiger partial charge in [0, 0.05) is 12.8 Å². The summed E-state index contributed by atoms with van der Waals surface area (Å²) in [6, 6.07) is 1.42. The molecule has 0 bridgehead atoms. The second kappa shape index (κ2) is 7.07. The summed E-state index contributed by atoms with van der Waals surface area (Å²) in [4.78, 5) is 12.9. The van der Waals surface area contributed by atoms with E-state index in [2.05, 4.69) is 27.8 Å². The van der Waals surface area contributed by atoms with Gasteiger partial charge in [0.25, 0.3) is 0 Å². The first kappa shape index (κ1) is 19.5. The van der Waals surface area contributed by atoms with E-state index >= 15 is 0 Å². The third-order valence-electron chi connectivity index (χ3n) is 6.15. The normalized spacial score (nSPS) is 22.9. The highest BCUT2D eigenvalue weighted by atomic mass is 32.2. The Kier molecular flexibility index (Phi) is 4.60. The summed E-state index contributed by atoms with van der Waals surface area (Å²) in [7, 11) is -1.93. The maximum absolute atomic E-state index is 13.1. The van der Waals surface area contributed by atoms with Crippen LogP contribution in [0.4, 0.5) is 10.5 Å². The molecule has 5 rings (SSSR count). The molecule has 30 heavy (non-hydrogen) atoms. The van der Waals surface area contributed by atoms with Gasteiger partial charge in [-0.15, -0.1) is 4.36 Å². The first-order valence-electron chi connectivity index (χ1n) is 10.1. The minimum absolute atomic E-state index is 0.121. The average Bonchev–Trinajstić information content (AvgIpc) is 3.37. The number of ether oxygens (including phenoxy) is 2. The van der Waals surface area contributed by atoms with Crippen molar-refractivity contribution in [2.75, 3.05) is 25.6 Å². The van der Waals surface area contributed by atoms with Crippen molar-refractivity contribution in [1.29, 1.82) is 0 Å². The molecule has 1 aliphatic heterocycles. The smallest absolute Gasteiger partial charge is 0.354 e. The van der Waals surface area contributed by atoms with Crippen molar-refractivity contribution in [2.24, 2.45) is 9.50 Å². The lowest BCUT2D eigenvalue weighted by molar-refractivity contribution is 0.145. The number of fused-ring (bicyclic) bond motifs is 3. The summed E-state index contributed by atoms with van der Waals surface area (Å²) in [6.07, 6.45) is 5.38. The van der Waals surface area contributed by atoms with E-state index in [1.807, 2.05) is 0 Å². The van der Waals surface area contributed by atoms with E-state index in [0.29, 0.717) is 19.1 Å². The van der Waals surface area contributed by atoms with Crippen LogP contribution in [0.25, 0.3) is 0 Å². The molecule has 0 saturated heterocycles. The van der Waals surface area contributed by atoms with Crippen molar-refractivity contribution < 1.29 is 18.5 Å². The van der Waals surface area contributed by atoms with Crippen LogP contribution in [0.15, 0.2) is 21.5 Å². The van der Waals surface area contributed by atoms with Gasteiger partial charge in [0.1, 0.15) is 17.5 Å². The molecule has 2 aliphatic carbocycles. The highest BCUT2D eigenvalue weighted by Gasteiger charge is 2.33. The highest BCUT2D eigenvalue weighted by molar-refractivity contribution is 7.91. The lowest BCUT2D eigenvalue weighted by atomic mass is 9.75. The second-order valence-electron chi connectivity index (χ2n) is 8.19. The van der Waals surface area contributed by atoms with Crippen molar-refractivity contribution in [2.45, 2.75) is 49.5 Å². The van der Waals surface area contributed by atoms with Gasteiger partial charge in [-0.1, -0.05) is 13.0 Å². The number of urea groups is 1. The van der Waals surface area contributed by atoms with Gasteiger partial charge in [-0.05, 0) is 53.9 Å². The number of hydrogen-bond donors (Lipinski definition) is 2. The quantitative estimate of drug-likeness (QED) is 0.771. The first-order chi connectivity index (χ1) is 14.4. The molecule has 9 nitrogen and oxygen atoms in total. The predicted octanol–water partition coefficient (Wildman–Crippen LogP) is 2.54. The molecule has 3 N–H and O–H groups in total. The molecule has 0 saturated carbocycles. The van der Waals surface area contributed by atoms with E-state index < -0.39 is 15.9 Å². The molecule has 10 heteroatoms. The summed E-state index contributed by atoms with van der Waals surface area (Å²) >= 11 is 0. The number of amides is 2. The molecule has 2 aromatic rings. The number of hydrogen-bond acceptors (Lipinski definition) is 5. The molecular weight excluding hydrogens is 406 g/mol. The number of anilines is 1. The van der Waals surface area contributed by atoms with E-state index in [1.165, 1.54) is 28.5 Å². The van der Waals surface area contributed by atoms with E-state index in [9.17, 15) is 9.00 Å². The maximum Gasteiger partial charge on any atom is 0.354 e. The third-order valence-corrected chi connectivity index (χ3v) is 7.49.